The predicted octanol–water partition coefficient (Wildman–Crippen LogP) is 4.67. The Morgan fingerprint density at radius 2 is 2.21 bits per heavy atom. The van der Waals surface area contributed by atoms with E-state index in [1.165, 1.54) is 4.88 Å². The molecule has 2 nitrogen and oxygen atoms in total. The average molecular weight is 273 g/mol. The van der Waals surface area contributed by atoms with Gasteiger partial charge in [0.25, 0.3) is 6.01 Å². The quantitative estimate of drug-likeness (QED) is 0.758. The molecule has 2 rings (SSSR count). The maximum absolute atomic E-state index is 12.9. The molecule has 1 aromatic heterocycles. The van der Waals surface area contributed by atoms with E-state index in [2.05, 4.69) is 19.6 Å². The number of benzene rings is 1. The second kappa shape index (κ2) is 5.68. The van der Waals surface area contributed by atoms with Crippen LogP contribution in [0.4, 0.5) is 4.39 Å². The summed E-state index contributed by atoms with van der Waals surface area (Å²) in [6, 6.07) is 10.1. The first-order valence-electron chi connectivity index (χ1n) is 5.79. The van der Waals surface area contributed by atoms with Crippen LogP contribution in [0.1, 0.15) is 17.4 Å². The molecule has 0 radical (unpaired) electrons. The van der Waals surface area contributed by atoms with E-state index >= 15 is 0 Å². The van der Waals surface area contributed by atoms with Gasteiger partial charge in [-0.05, 0) is 43.3 Å². The molecule has 0 N–H and O–H groups in total. The molecular weight excluding hydrogens is 261 g/mol. The van der Waals surface area contributed by atoms with Crippen molar-refractivity contribution in [1.29, 1.82) is 5.26 Å². The molecule has 0 aliphatic carbocycles. The zero-order valence-electron chi connectivity index (χ0n) is 10.4. The van der Waals surface area contributed by atoms with Gasteiger partial charge in [0.15, 0.2) is 0 Å². The van der Waals surface area contributed by atoms with Crippen LogP contribution in [0, 0.1) is 11.3 Å². The molecule has 96 valence electrons. The van der Waals surface area contributed by atoms with Gasteiger partial charge in [-0.25, -0.2) is 0 Å². The Bertz CT molecular complexity index is 654. The maximum atomic E-state index is 12.9. The molecule has 2 aromatic rings. The van der Waals surface area contributed by atoms with Crippen LogP contribution < -0.4 is 4.74 Å². The molecule has 0 atom stereocenters. The summed E-state index contributed by atoms with van der Waals surface area (Å²) in [5.41, 5.74) is 1.22. The van der Waals surface area contributed by atoms with Gasteiger partial charge in [-0.15, -0.1) is 11.3 Å². The SMILES string of the molecule is C=C(F)Oc1ccc(C#N)cc1-c1ccc(CC)s1. The van der Waals surface area contributed by atoms with Crippen molar-refractivity contribution in [3.05, 3.63) is 53.4 Å². The Morgan fingerprint density at radius 1 is 1.42 bits per heavy atom. The molecule has 0 aliphatic rings. The van der Waals surface area contributed by atoms with Crippen molar-refractivity contribution < 1.29 is 9.13 Å². The van der Waals surface area contributed by atoms with Crippen LogP contribution in [0.25, 0.3) is 10.4 Å². The third kappa shape index (κ3) is 3.01. The number of hydrogen-bond donors (Lipinski definition) is 0. The summed E-state index contributed by atoms with van der Waals surface area (Å²) >= 11 is 1.60. The third-order valence-corrected chi connectivity index (χ3v) is 3.87. The van der Waals surface area contributed by atoms with Crippen LogP contribution in [-0.4, -0.2) is 0 Å². The van der Waals surface area contributed by atoms with Crippen LogP contribution in [0.15, 0.2) is 42.9 Å². The number of nitrogens with zero attached hydrogens (tertiary/aromatic N) is 1. The fraction of sp³-hybridized carbons (Fsp3) is 0.133. The van der Waals surface area contributed by atoms with Gasteiger partial charge in [0, 0.05) is 15.3 Å². The zero-order valence-corrected chi connectivity index (χ0v) is 11.3. The molecule has 0 fully saturated rings. The highest BCUT2D eigenvalue weighted by atomic mass is 32.1. The third-order valence-electron chi connectivity index (χ3n) is 2.60. The van der Waals surface area contributed by atoms with Crippen molar-refractivity contribution in [3.8, 4) is 22.3 Å². The highest BCUT2D eigenvalue weighted by Gasteiger charge is 2.11. The van der Waals surface area contributed by atoms with Gasteiger partial charge in [-0.1, -0.05) is 6.92 Å². The normalized spacial score (nSPS) is 9.95. The molecule has 0 unspecified atom stereocenters. The van der Waals surface area contributed by atoms with Crippen molar-refractivity contribution >= 4 is 11.3 Å². The Morgan fingerprint density at radius 3 is 2.79 bits per heavy atom. The molecule has 1 aromatic carbocycles. The van der Waals surface area contributed by atoms with Gasteiger partial charge < -0.3 is 4.74 Å². The molecule has 0 spiro atoms. The van der Waals surface area contributed by atoms with Crippen LogP contribution >= 0.6 is 11.3 Å². The van der Waals surface area contributed by atoms with Crippen molar-refractivity contribution in [2.75, 3.05) is 0 Å². The average Bonchev–Trinajstić information content (AvgIpc) is 2.87. The number of ether oxygens (including phenoxy) is 1. The number of hydrogen-bond acceptors (Lipinski definition) is 3. The topological polar surface area (TPSA) is 33.0 Å². The second-order valence-corrected chi connectivity index (χ2v) is 5.07. The number of aryl methyl sites for hydroxylation is 1. The Kier molecular flexibility index (Phi) is 3.98. The van der Waals surface area contributed by atoms with Crippen LogP contribution in [0.5, 0.6) is 5.75 Å². The van der Waals surface area contributed by atoms with E-state index in [-0.39, 0.29) is 0 Å². The standard InChI is InChI=1S/C15H12FNOS/c1-3-12-5-7-15(19-12)13-8-11(9-17)4-6-14(13)18-10(2)16/h4-8H,2-3H2,1H3. The van der Waals surface area contributed by atoms with Crippen molar-refractivity contribution in [3.63, 3.8) is 0 Å². The molecule has 0 aliphatic heterocycles. The summed E-state index contributed by atoms with van der Waals surface area (Å²) in [6.07, 6.45) is 0.939. The Hall–Kier alpha value is -2.12. The summed E-state index contributed by atoms with van der Waals surface area (Å²) in [4.78, 5) is 2.17. The van der Waals surface area contributed by atoms with Crippen LogP contribution in [0.2, 0.25) is 0 Å². The van der Waals surface area contributed by atoms with E-state index in [0.717, 1.165) is 11.3 Å². The fourth-order valence-corrected chi connectivity index (χ4v) is 2.68. The van der Waals surface area contributed by atoms with Crippen molar-refractivity contribution in [2.45, 2.75) is 13.3 Å². The molecule has 1 heterocycles. The van der Waals surface area contributed by atoms with E-state index < -0.39 is 6.01 Å². The summed E-state index contributed by atoms with van der Waals surface area (Å²) in [5.74, 6) is 0.371. The van der Waals surface area contributed by atoms with Crippen molar-refractivity contribution in [2.24, 2.45) is 0 Å². The minimum atomic E-state index is -0.863. The minimum Gasteiger partial charge on any atom is -0.431 e. The van der Waals surface area contributed by atoms with Gasteiger partial charge in [0.1, 0.15) is 5.75 Å². The van der Waals surface area contributed by atoms with E-state index in [1.54, 1.807) is 29.5 Å². The van der Waals surface area contributed by atoms with E-state index in [9.17, 15) is 4.39 Å². The lowest BCUT2D eigenvalue weighted by Gasteiger charge is -2.08. The summed E-state index contributed by atoms with van der Waals surface area (Å²) < 4.78 is 17.8. The number of thiophene rings is 1. The smallest absolute Gasteiger partial charge is 0.270 e. The van der Waals surface area contributed by atoms with Gasteiger partial charge in [-0.2, -0.15) is 9.65 Å². The van der Waals surface area contributed by atoms with Crippen LogP contribution in [0.3, 0.4) is 0 Å². The van der Waals surface area contributed by atoms with Gasteiger partial charge >= 0.3 is 0 Å². The van der Waals surface area contributed by atoms with Crippen LogP contribution in [-0.2, 0) is 6.42 Å². The minimum absolute atomic E-state index is 0.371. The monoisotopic (exact) mass is 273 g/mol. The molecule has 19 heavy (non-hydrogen) atoms. The second-order valence-electron chi connectivity index (χ2n) is 3.90. The predicted molar refractivity (Wildman–Crippen MR) is 74.7 cm³/mol. The summed E-state index contributed by atoms with van der Waals surface area (Å²) in [7, 11) is 0. The summed E-state index contributed by atoms with van der Waals surface area (Å²) in [6.45, 7) is 5.17. The van der Waals surface area contributed by atoms with E-state index in [4.69, 9.17) is 10.00 Å². The van der Waals surface area contributed by atoms with Crippen molar-refractivity contribution in [1.82, 2.24) is 0 Å². The fourth-order valence-electron chi connectivity index (χ4n) is 1.71. The van der Waals surface area contributed by atoms with Gasteiger partial charge in [-0.3, -0.25) is 0 Å². The molecule has 0 bridgehead atoms. The molecular formula is C15H12FNOS. The number of halogens is 1. The van der Waals surface area contributed by atoms with E-state index in [1.807, 2.05) is 12.1 Å². The lowest BCUT2D eigenvalue weighted by Crippen LogP contribution is -1.91. The first-order valence-corrected chi connectivity index (χ1v) is 6.61. The molecule has 0 saturated heterocycles. The first kappa shape index (κ1) is 13.3. The summed E-state index contributed by atoms with van der Waals surface area (Å²) in [5, 5.41) is 8.95. The Labute approximate surface area is 115 Å². The number of rotatable bonds is 4. The number of nitriles is 1. The lowest BCUT2D eigenvalue weighted by molar-refractivity contribution is 0.306. The highest BCUT2D eigenvalue weighted by molar-refractivity contribution is 7.15. The lowest BCUT2D eigenvalue weighted by atomic mass is 10.1. The Balaban J connectivity index is 2.51. The zero-order chi connectivity index (χ0) is 13.8. The van der Waals surface area contributed by atoms with E-state index in [0.29, 0.717) is 16.9 Å². The first-order chi connectivity index (χ1) is 9.13. The molecule has 0 saturated carbocycles. The maximum Gasteiger partial charge on any atom is 0.270 e. The largest absolute Gasteiger partial charge is 0.431 e. The molecule has 4 heteroatoms. The molecule has 0 amide bonds. The van der Waals surface area contributed by atoms with Gasteiger partial charge in [0.05, 0.1) is 11.6 Å². The van der Waals surface area contributed by atoms with Gasteiger partial charge in [0.2, 0.25) is 0 Å². The highest BCUT2D eigenvalue weighted by Crippen LogP contribution is 2.36.